The Morgan fingerprint density at radius 3 is 2.52 bits per heavy atom. The summed E-state index contributed by atoms with van der Waals surface area (Å²) in [7, 11) is 0. The maximum Gasteiger partial charge on any atom is 0.270 e. The maximum atomic E-state index is 14.0. The van der Waals surface area contributed by atoms with E-state index >= 15 is 0 Å². The highest BCUT2D eigenvalue weighted by atomic mass is 32.2. The van der Waals surface area contributed by atoms with E-state index in [9.17, 15) is 14.4 Å². The molecule has 1 N–H and O–H groups in total. The third kappa shape index (κ3) is 3.86. The quantitative estimate of drug-likeness (QED) is 0.747. The lowest BCUT2D eigenvalue weighted by Crippen LogP contribution is -2.49. The third-order valence-electron chi connectivity index (χ3n) is 5.60. The highest BCUT2D eigenvalue weighted by Gasteiger charge is 2.61. The summed E-state index contributed by atoms with van der Waals surface area (Å²) in [6.07, 6.45) is 0. The smallest absolute Gasteiger partial charge is 0.270 e. The number of nitrogens with one attached hydrogen (secondary N) is 1. The molecule has 0 aliphatic carbocycles. The van der Waals surface area contributed by atoms with Crippen LogP contribution in [0.2, 0.25) is 0 Å². The van der Waals surface area contributed by atoms with Gasteiger partial charge in [0, 0.05) is 19.4 Å². The Hall–Kier alpha value is -3.33. The number of anilines is 1. The lowest BCUT2D eigenvalue weighted by molar-refractivity contribution is -0.139. The van der Waals surface area contributed by atoms with E-state index < -0.39 is 4.87 Å². The SMILES string of the molecule is CC(=O)NC1=NN(C(C)=O)[C@@]2(S1)C(=O)N(CCOc1ccccc1C)c1c(C)cc(C)cc12. The molecule has 2 aliphatic rings. The molecule has 2 aromatic rings. The van der Waals surface area contributed by atoms with Crippen LogP contribution in [0.5, 0.6) is 5.75 Å². The van der Waals surface area contributed by atoms with Gasteiger partial charge in [0.25, 0.3) is 5.91 Å². The molecular weight excluding hydrogens is 440 g/mol. The summed E-state index contributed by atoms with van der Waals surface area (Å²) in [5, 5.41) is 8.33. The molecule has 3 amide bonds. The van der Waals surface area contributed by atoms with E-state index in [1.54, 1.807) is 4.90 Å². The van der Waals surface area contributed by atoms with Gasteiger partial charge >= 0.3 is 0 Å². The zero-order valence-electron chi connectivity index (χ0n) is 19.3. The number of hydrazone groups is 1. The highest BCUT2D eigenvalue weighted by Crippen LogP contribution is 2.55. The standard InChI is InChI=1S/C24H26N4O4S/c1-14-12-16(3)21-19(13-14)24(28(18(5)30)26-23(33-24)25-17(4)29)22(31)27(21)10-11-32-20-9-7-6-8-15(20)2/h6-9,12-13H,10-11H2,1-5H3,(H,25,26,29)/t24-/m0/s1. The fourth-order valence-corrected chi connectivity index (χ4v) is 5.63. The molecule has 8 nitrogen and oxygen atoms in total. The summed E-state index contributed by atoms with van der Waals surface area (Å²) in [6, 6.07) is 11.6. The Labute approximate surface area is 197 Å². The van der Waals surface area contributed by atoms with E-state index in [0.29, 0.717) is 12.1 Å². The lowest BCUT2D eigenvalue weighted by atomic mass is 10.0. The number of aryl methyl sites for hydroxylation is 3. The molecule has 172 valence electrons. The van der Waals surface area contributed by atoms with Crippen LogP contribution in [-0.2, 0) is 19.3 Å². The number of para-hydroxylation sites is 1. The first-order chi connectivity index (χ1) is 15.6. The van der Waals surface area contributed by atoms with Crippen LogP contribution >= 0.6 is 11.8 Å². The molecule has 33 heavy (non-hydrogen) atoms. The van der Waals surface area contributed by atoms with Gasteiger partial charge in [-0.25, -0.2) is 0 Å². The largest absolute Gasteiger partial charge is 0.491 e. The molecule has 2 aliphatic heterocycles. The number of amides is 3. The number of carbonyl (C=O) groups excluding carboxylic acids is 3. The topological polar surface area (TPSA) is 91.3 Å². The number of nitrogens with zero attached hydrogens (tertiary/aromatic N) is 3. The molecule has 9 heteroatoms. The molecule has 0 aromatic heterocycles. The number of thioether (sulfide) groups is 1. The fourth-order valence-electron chi connectivity index (χ4n) is 4.32. The van der Waals surface area contributed by atoms with Gasteiger partial charge in [-0.3, -0.25) is 14.4 Å². The summed E-state index contributed by atoms with van der Waals surface area (Å²) in [6.45, 7) is 9.16. The van der Waals surface area contributed by atoms with Gasteiger partial charge < -0.3 is 15.0 Å². The van der Waals surface area contributed by atoms with Crippen molar-refractivity contribution < 1.29 is 19.1 Å². The second kappa shape index (κ2) is 8.55. The van der Waals surface area contributed by atoms with Gasteiger partial charge in [0.15, 0.2) is 5.17 Å². The van der Waals surface area contributed by atoms with Gasteiger partial charge in [-0.1, -0.05) is 35.9 Å². The van der Waals surface area contributed by atoms with Gasteiger partial charge in [-0.2, -0.15) is 5.01 Å². The van der Waals surface area contributed by atoms with Gasteiger partial charge in [-0.15, -0.1) is 5.10 Å². The van der Waals surface area contributed by atoms with E-state index in [1.165, 1.54) is 18.9 Å². The molecular formula is C24H26N4O4S. The number of rotatable bonds is 4. The van der Waals surface area contributed by atoms with Gasteiger partial charge in [0.2, 0.25) is 16.7 Å². The third-order valence-corrected chi connectivity index (χ3v) is 6.84. The maximum absolute atomic E-state index is 14.0. The van der Waals surface area contributed by atoms with Crippen LogP contribution in [0.4, 0.5) is 5.69 Å². The van der Waals surface area contributed by atoms with E-state index in [-0.39, 0.29) is 29.5 Å². The number of amidine groups is 1. The number of carbonyl (C=O) groups is 3. The Balaban J connectivity index is 1.72. The second-order valence-corrected chi connectivity index (χ2v) is 9.39. The molecule has 1 atom stereocenters. The number of hydrogen-bond donors (Lipinski definition) is 1. The van der Waals surface area contributed by atoms with Gasteiger partial charge in [0.05, 0.1) is 12.2 Å². The van der Waals surface area contributed by atoms with Crippen molar-refractivity contribution in [3.63, 3.8) is 0 Å². The van der Waals surface area contributed by atoms with Crippen LogP contribution in [0.25, 0.3) is 0 Å². The van der Waals surface area contributed by atoms with Crippen molar-refractivity contribution in [2.24, 2.45) is 5.10 Å². The minimum atomic E-state index is -1.40. The zero-order chi connectivity index (χ0) is 23.9. The summed E-state index contributed by atoms with van der Waals surface area (Å²) in [4.78, 5) is 38.5. The van der Waals surface area contributed by atoms with Crippen molar-refractivity contribution in [3.05, 3.63) is 58.7 Å². The predicted molar refractivity (Wildman–Crippen MR) is 128 cm³/mol. The average Bonchev–Trinajstić information content (AvgIpc) is 3.21. The van der Waals surface area contributed by atoms with E-state index in [4.69, 9.17) is 4.74 Å². The molecule has 0 unspecified atom stereocenters. The van der Waals surface area contributed by atoms with Crippen molar-refractivity contribution >= 4 is 40.3 Å². The normalized spacial score (nSPS) is 19.1. The molecule has 0 radical (unpaired) electrons. The minimum absolute atomic E-state index is 0.217. The summed E-state index contributed by atoms with van der Waals surface area (Å²) in [5.74, 6) is -0.240. The number of fused-ring (bicyclic) bond motifs is 2. The highest BCUT2D eigenvalue weighted by molar-refractivity contribution is 8.15. The Morgan fingerprint density at radius 1 is 1.12 bits per heavy atom. The molecule has 0 bridgehead atoms. The Bertz CT molecular complexity index is 1190. The molecule has 0 fully saturated rings. The van der Waals surface area contributed by atoms with Crippen molar-refractivity contribution in [3.8, 4) is 5.75 Å². The molecule has 4 rings (SSSR count). The molecule has 0 saturated heterocycles. The number of hydrogen-bond acceptors (Lipinski definition) is 6. The van der Waals surface area contributed by atoms with Crippen LogP contribution in [-0.4, -0.2) is 41.0 Å². The van der Waals surface area contributed by atoms with E-state index in [0.717, 1.165) is 39.9 Å². The summed E-state index contributed by atoms with van der Waals surface area (Å²) < 4.78 is 5.96. The van der Waals surface area contributed by atoms with Crippen molar-refractivity contribution in [2.75, 3.05) is 18.1 Å². The first-order valence-electron chi connectivity index (χ1n) is 10.6. The Morgan fingerprint density at radius 2 is 1.85 bits per heavy atom. The fraction of sp³-hybridized carbons (Fsp3) is 0.333. The number of ether oxygens (including phenoxy) is 1. The first-order valence-corrected chi connectivity index (χ1v) is 11.4. The summed E-state index contributed by atoms with van der Waals surface area (Å²) >= 11 is 1.08. The lowest BCUT2D eigenvalue weighted by Gasteiger charge is -2.29. The van der Waals surface area contributed by atoms with Crippen molar-refractivity contribution in [1.29, 1.82) is 0 Å². The average molecular weight is 467 g/mol. The monoisotopic (exact) mass is 466 g/mol. The first kappa shape index (κ1) is 22.8. The molecule has 2 heterocycles. The van der Waals surface area contributed by atoms with Gasteiger partial charge in [0.1, 0.15) is 12.4 Å². The minimum Gasteiger partial charge on any atom is -0.491 e. The van der Waals surface area contributed by atoms with Crippen LogP contribution < -0.4 is 15.0 Å². The van der Waals surface area contributed by atoms with E-state index in [2.05, 4.69) is 10.4 Å². The van der Waals surface area contributed by atoms with E-state index in [1.807, 2.05) is 57.2 Å². The van der Waals surface area contributed by atoms with Crippen LogP contribution in [0.15, 0.2) is 41.5 Å². The van der Waals surface area contributed by atoms with Crippen molar-refractivity contribution in [2.45, 2.75) is 39.5 Å². The summed E-state index contributed by atoms with van der Waals surface area (Å²) in [5.41, 5.74) is 4.33. The van der Waals surface area contributed by atoms with Crippen LogP contribution in [0, 0.1) is 20.8 Å². The zero-order valence-corrected chi connectivity index (χ0v) is 20.1. The van der Waals surface area contributed by atoms with Crippen molar-refractivity contribution in [1.82, 2.24) is 10.3 Å². The van der Waals surface area contributed by atoms with Gasteiger partial charge in [-0.05, 0) is 49.7 Å². The number of benzene rings is 2. The molecule has 1 spiro atoms. The molecule has 2 aromatic carbocycles. The Kier molecular flexibility index (Phi) is 5.92. The molecule has 0 saturated carbocycles. The van der Waals surface area contributed by atoms with Crippen LogP contribution in [0.1, 0.15) is 36.1 Å². The second-order valence-electron chi connectivity index (χ2n) is 8.21. The van der Waals surface area contributed by atoms with Crippen LogP contribution in [0.3, 0.4) is 0 Å². The predicted octanol–water partition coefficient (Wildman–Crippen LogP) is 3.19.